The number of allylic oxidation sites excluding steroid dienone is 1. The zero-order valence-corrected chi connectivity index (χ0v) is 17.0. The molecule has 0 aromatic heterocycles. The van der Waals surface area contributed by atoms with Crippen molar-refractivity contribution < 1.29 is 9.53 Å². The van der Waals surface area contributed by atoms with Crippen LogP contribution in [0.5, 0.6) is 0 Å². The smallest absolute Gasteiger partial charge is 0.325 e. The molecule has 0 aliphatic carbocycles. The largest absolute Gasteiger partial charge is 0.381 e. The summed E-state index contributed by atoms with van der Waals surface area (Å²) in [7, 11) is 0. The molecule has 0 radical (unpaired) electrons. The molecule has 1 aromatic rings. The summed E-state index contributed by atoms with van der Waals surface area (Å²) in [4.78, 5) is 17.7. The minimum absolute atomic E-state index is 0.0743. The zero-order chi connectivity index (χ0) is 20.3. The molecular weight excluding hydrogens is 366 g/mol. The number of hydrogen-bond donors (Lipinski definition) is 2. The quantitative estimate of drug-likeness (QED) is 0.454. The average Bonchev–Trinajstić information content (AvgIpc) is 3.01. The third-order valence-corrected chi connectivity index (χ3v) is 6.58. The van der Waals surface area contributed by atoms with Crippen molar-refractivity contribution in [3.8, 4) is 0 Å². The SMILES string of the molecule is C=C(/C=N\N)c1ccc(N2CC3(CCNCC3)N(CC3CCOCC3)C2=O)cc1. The summed E-state index contributed by atoms with van der Waals surface area (Å²) < 4.78 is 5.52. The van der Waals surface area contributed by atoms with Crippen molar-refractivity contribution in [3.63, 3.8) is 0 Å². The molecule has 3 aliphatic heterocycles. The maximum atomic E-state index is 13.5. The van der Waals surface area contributed by atoms with Crippen molar-refractivity contribution >= 4 is 23.5 Å². The van der Waals surface area contributed by atoms with Gasteiger partial charge in [-0.2, -0.15) is 5.10 Å². The number of urea groups is 1. The third-order valence-electron chi connectivity index (χ3n) is 6.58. The molecule has 0 bridgehead atoms. The Kier molecular flexibility index (Phi) is 5.87. The number of anilines is 1. The third kappa shape index (κ3) is 4.02. The molecule has 1 aromatic carbocycles. The lowest BCUT2D eigenvalue weighted by Gasteiger charge is -2.42. The van der Waals surface area contributed by atoms with E-state index in [9.17, 15) is 4.79 Å². The molecule has 1 spiro atoms. The standard InChI is InChI=1S/C22H31N5O2/c1-17(14-25-23)19-2-4-20(5-3-19)26-16-22(8-10-24-11-9-22)27(21(26)28)15-18-6-12-29-13-7-18/h2-5,14,18,24H,1,6-13,15-16,23H2/b25-14-. The Morgan fingerprint density at radius 3 is 2.62 bits per heavy atom. The second-order valence-electron chi connectivity index (χ2n) is 8.36. The van der Waals surface area contributed by atoms with Gasteiger partial charge in [0.25, 0.3) is 0 Å². The normalized spacial score (nSPS) is 22.7. The highest BCUT2D eigenvalue weighted by atomic mass is 16.5. The lowest BCUT2D eigenvalue weighted by Crippen LogP contribution is -2.55. The van der Waals surface area contributed by atoms with E-state index < -0.39 is 0 Å². The van der Waals surface area contributed by atoms with Crippen LogP contribution in [0.3, 0.4) is 0 Å². The zero-order valence-electron chi connectivity index (χ0n) is 17.0. The number of benzene rings is 1. The summed E-state index contributed by atoms with van der Waals surface area (Å²) in [5.74, 6) is 5.75. The molecule has 3 fully saturated rings. The highest BCUT2D eigenvalue weighted by Gasteiger charge is 2.50. The number of carbonyl (C=O) groups is 1. The fourth-order valence-corrected chi connectivity index (χ4v) is 4.80. The number of hydrogen-bond acceptors (Lipinski definition) is 5. The van der Waals surface area contributed by atoms with Gasteiger partial charge in [-0.25, -0.2) is 4.79 Å². The van der Waals surface area contributed by atoms with E-state index in [-0.39, 0.29) is 11.6 Å². The first-order valence-electron chi connectivity index (χ1n) is 10.5. The van der Waals surface area contributed by atoms with E-state index in [0.717, 1.165) is 81.9 Å². The summed E-state index contributed by atoms with van der Waals surface area (Å²) in [5, 5.41) is 6.99. The molecular formula is C22H31N5O2. The number of amides is 2. The second kappa shape index (κ2) is 8.55. The molecule has 3 saturated heterocycles. The van der Waals surface area contributed by atoms with Gasteiger partial charge in [0.1, 0.15) is 0 Å². The molecule has 3 N–H and O–H groups in total. The van der Waals surface area contributed by atoms with E-state index in [0.29, 0.717) is 5.92 Å². The monoisotopic (exact) mass is 397 g/mol. The van der Waals surface area contributed by atoms with Gasteiger partial charge in [0.15, 0.2) is 0 Å². The molecule has 0 saturated carbocycles. The van der Waals surface area contributed by atoms with E-state index in [2.05, 4.69) is 21.9 Å². The van der Waals surface area contributed by atoms with Crippen LogP contribution in [0.2, 0.25) is 0 Å². The van der Waals surface area contributed by atoms with E-state index in [1.807, 2.05) is 29.2 Å². The van der Waals surface area contributed by atoms with Gasteiger partial charge in [0.2, 0.25) is 0 Å². The first kappa shape index (κ1) is 19.9. The van der Waals surface area contributed by atoms with Crippen LogP contribution in [0.25, 0.3) is 5.57 Å². The number of hydrazone groups is 1. The van der Waals surface area contributed by atoms with Gasteiger partial charge in [-0.15, -0.1) is 0 Å². The van der Waals surface area contributed by atoms with Gasteiger partial charge in [0, 0.05) is 25.4 Å². The van der Waals surface area contributed by atoms with Gasteiger partial charge in [-0.05, 0) is 68.0 Å². The van der Waals surface area contributed by atoms with Gasteiger partial charge >= 0.3 is 6.03 Å². The Bertz CT molecular complexity index is 764. The van der Waals surface area contributed by atoms with Crippen LogP contribution >= 0.6 is 0 Å². The Hall–Kier alpha value is -2.38. The van der Waals surface area contributed by atoms with Crippen molar-refractivity contribution in [2.75, 3.05) is 44.3 Å². The molecule has 29 heavy (non-hydrogen) atoms. The predicted molar refractivity (Wildman–Crippen MR) is 116 cm³/mol. The van der Waals surface area contributed by atoms with E-state index in [4.69, 9.17) is 10.6 Å². The Morgan fingerprint density at radius 2 is 1.97 bits per heavy atom. The van der Waals surface area contributed by atoms with Gasteiger partial charge in [-0.3, -0.25) is 4.90 Å². The number of carbonyl (C=O) groups excluding carboxylic acids is 1. The number of nitrogens with one attached hydrogen (secondary N) is 1. The van der Waals surface area contributed by atoms with Crippen LogP contribution in [0, 0.1) is 5.92 Å². The van der Waals surface area contributed by atoms with Gasteiger partial charge < -0.3 is 20.8 Å². The highest BCUT2D eigenvalue weighted by molar-refractivity contribution is 6.08. The van der Waals surface area contributed by atoms with Gasteiger partial charge in [-0.1, -0.05) is 18.7 Å². The van der Waals surface area contributed by atoms with E-state index in [1.165, 1.54) is 6.21 Å². The minimum atomic E-state index is -0.0743. The van der Waals surface area contributed by atoms with E-state index in [1.54, 1.807) is 0 Å². The number of nitrogens with zero attached hydrogens (tertiary/aromatic N) is 3. The van der Waals surface area contributed by atoms with Crippen LogP contribution in [0.1, 0.15) is 31.2 Å². The van der Waals surface area contributed by atoms with Crippen LogP contribution in [-0.4, -0.2) is 62.1 Å². The average molecular weight is 398 g/mol. The first-order valence-corrected chi connectivity index (χ1v) is 10.5. The predicted octanol–water partition coefficient (Wildman–Crippen LogP) is 2.44. The molecule has 7 heteroatoms. The summed E-state index contributed by atoms with van der Waals surface area (Å²) in [6.45, 7) is 9.09. The number of piperidine rings is 1. The number of rotatable bonds is 5. The van der Waals surface area contributed by atoms with Crippen LogP contribution < -0.4 is 16.1 Å². The lowest BCUT2D eigenvalue weighted by molar-refractivity contribution is 0.0406. The van der Waals surface area contributed by atoms with Crippen molar-refractivity contribution in [2.45, 2.75) is 31.2 Å². The molecule has 0 unspecified atom stereocenters. The van der Waals surface area contributed by atoms with Crippen LogP contribution in [-0.2, 0) is 4.74 Å². The van der Waals surface area contributed by atoms with Crippen molar-refractivity contribution in [1.82, 2.24) is 10.2 Å². The Morgan fingerprint density at radius 1 is 1.28 bits per heavy atom. The molecule has 3 heterocycles. The molecule has 4 rings (SSSR count). The van der Waals surface area contributed by atoms with E-state index >= 15 is 0 Å². The molecule has 2 amide bonds. The Labute approximate surface area is 172 Å². The molecule has 3 aliphatic rings. The van der Waals surface area contributed by atoms with Crippen molar-refractivity contribution in [2.24, 2.45) is 16.9 Å². The fraction of sp³-hybridized carbons (Fsp3) is 0.545. The minimum Gasteiger partial charge on any atom is -0.381 e. The van der Waals surface area contributed by atoms with Crippen LogP contribution in [0.15, 0.2) is 35.9 Å². The molecule has 156 valence electrons. The van der Waals surface area contributed by atoms with Crippen molar-refractivity contribution in [3.05, 3.63) is 36.4 Å². The number of nitrogens with two attached hydrogens (primary N) is 1. The fourth-order valence-electron chi connectivity index (χ4n) is 4.80. The van der Waals surface area contributed by atoms with Crippen LogP contribution in [0.4, 0.5) is 10.5 Å². The lowest BCUT2D eigenvalue weighted by atomic mass is 9.86. The maximum absolute atomic E-state index is 13.5. The van der Waals surface area contributed by atoms with Gasteiger partial charge in [0.05, 0.1) is 18.3 Å². The highest BCUT2D eigenvalue weighted by Crippen LogP contribution is 2.38. The molecule has 0 atom stereocenters. The topological polar surface area (TPSA) is 83.2 Å². The molecule has 7 nitrogen and oxygen atoms in total. The summed E-state index contributed by atoms with van der Waals surface area (Å²) >= 11 is 0. The maximum Gasteiger partial charge on any atom is 0.325 e. The first-order chi connectivity index (χ1) is 14.1. The summed E-state index contributed by atoms with van der Waals surface area (Å²) in [5.41, 5.74) is 2.56. The Balaban J connectivity index is 1.56. The summed E-state index contributed by atoms with van der Waals surface area (Å²) in [6.07, 6.45) is 5.62. The summed E-state index contributed by atoms with van der Waals surface area (Å²) in [6, 6.07) is 8.07. The van der Waals surface area contributed by atoms with Crippen molar-refractivity contribution in [1.29, 1.82) is 0 Å². The second-order valence-corrected chi connectivity index (χ2v) is 8.36. The number of ether oxygens (including phenoxy) is 1.